The Hall–Kier alpha value is -2.96. The minimum absolute atomic E-state index is 0.245. The number of nitrogens with zero attached hydrogens (tertiary/aromatic N) is 2. The summed E-state index contributed by atoms with van der Waals surface area (Å²) in [5.41, 5.74) is 0.628. The van der Waals surface area contributed by atoms with Crippen molar-refractivity contribution in [2.45, 2.75) is 6.61 Å². The van der Waals surface area contributed by atoms with Crippen molar-refractivity contribution in [2.75, 3.05) is 7.11 Å². The van der Waals surface area contributed by atoms with Gasteiger partial charge < -0.3 is 18.4 Å². The van der Waals surface area contributed by atoms with E-state index in [0.29, 0.717) is 44.5 Å². The Morgan fingerprint density at radius 3 is 2.54 bits per heavy atom. The highest BCUT2D eigenvalue weighted by Gasteiger charge is 2.17. The molecule has 0 unspecified atom stereocenters. The number of methoxy groups -OCH3 is 1. The molecule has 0 radical (unpaired) electrons. The van der Waals surface area contributed by atoms with Gasteiger partial charge in [-0.2, -0.15) is 4.98 Å². The Balaban J connectivity index is 1.50. The first-order valence-corrected chi connectivity index (χ1v) is 9.03. The van der Waals surface area contributed by atoms with Gasteiger partial charge in [-0.05, 0) is 54.6 Å². The lowest BCUT2D eigenvalue weighted by Crippen LogP contribution is -1.93. The number of ether oxygens (including phenoxy) is 2. The number of benzene rings is 2. The van der Waals surface area contributed by atoms with Gasteiger partial charge in [-0.3, -0.25) is 0 Å². The Labute approximate surface area is 170 Å². The monoisotopic (exact) mass is 416 g/mol. The second-order valence-corrected chi connectivity index (χ2v) is 6.65. The average molecular weight is 417 g/mol. The van der Waals surface area contributed by atoms with Crippen LogP contribution in [0.2, 0.25) is 10.0 Å². The average Bonchev–Trinajstić information content (AvgIpc) is 3.37. The lowest BCUT2D eigenvalue weighted by atomic mass is 10.2. The molecule has 142 valence electrons. The third-order valence-electron chi connectivity index (χ3n) is 3.90. The van der Waals surface area contributed by atoms with E-state index in [9.17, 15) is 0 Å². The van der Waals surface area contributed by atoms with Crippen molar-refractivity contribution in [3.8, 4) is 34.5 Å². The van der Waals surface area contributed by atoms with Gasteiger partial charge in [-0.1, -0.05) is 28.4 Å². The van der Waals surface area contributed by atoms with E-state index in [1.165, 1.54) is 0 Å². The molecule has 0 fully saturated rings. The number of furan rings is 1. The maximum Gasteiger partial charge on any atom is 0.293 e. The summed E-state index contributed by atoms with van der Waals surface area (Å²) >= 11 is 11.9. The summed E-state index contributed by atoms with van der Waals surface area (Å²) in [6, 6.07) is 15.8. The van der Waals surface area contributed by atoms with Crippen LogP contribution in [0.5, 0.6) is 11.5 Å². The molecule has 4 rings (SSSR count). The van der Waals surface area contributed by atoms with Gasteiger partial charge in [0.2, 0.25) is 5.82 Å². The predicted octanol–water partition coefficient (Wildman–Crippen LogP) is 5.89. The number of halogens is 2. The van der Waals surface area contributed by atoms with E-state index in [1.54, 1.807) is 61.7 Å². The van der Waals surface area contributed by atoms with Gasteiger partial charge in [0.05, 0.1) is 12.7 Å². The summed E-state index contributed by atoms with van der Waals surface area (Å²) in [6.07, 6.45) is 0. The highest BCUT2D eigenvalue weighted by atomic mass is 35.5. The van der Waals surface area contributed by atoms with Crippen LogP contribution in [0.15, 0.2) is 63.5 Å². The minimum Gasteiger partial charge on any atom is -0.496 e. The van der Waals surface area contributed by atoms with E-state index < -0.39 is 0 Å². The molecule has 0 spiro atoms. The molecular weight excluding hydrogens is 403 g/mol. The third kappa shape index (κ3) is 3.98. The maximum atomic E-state index is 6.06. The van der Waals surface area contributed by atoms with Crippen LogP contribution < -0.4 is 9.47 Å². The van der Waals surface area contributed by atoms with Gasteiger partial charge in [-0.15, -0.1) is 0 Å². The van der Waals surface area contributed by atoms with Gasteiger partial charge >= 0.3 is 0 Å². The first-order valence-electron chi connectivity index (χ1n) is 8.27. The molecular formula is C20H14Cl2N2O4. The zero-order valence-corrected chi connectivity index (χ0v) is 16.2. The van der Waals surface area contributed by atoms with Gasteiger partial charge in [0, 0.05) is 10.0 Å². The van der Waals surface area contributed by atoms with E-state index in [0.717, 1.165) is 0 Å². The Morgan fingerprint density at radius 2 is 1.75 bits per heavy atom. The molecule has 0 aliphatic carbocycles. The standard InChI is InChI=1S/C20H14Cl2N2O4/c1-25-17-8-4-13(22)10-16(17)19-23-20(28-24-19)18-9-7-15(27-18)11-26-14-5-2-12(21)3-6-14/h2-10H,11H2,1H3. The molecule has 0 bridgehead atoms. The fraction of sp³-hybridized carbons (Fsp3) is 0.100. The van der Waals surface area contributed by atoms with Gasteiger partial charge in [0.1, 0.15) is 23.9 Å². The number of aromatic nitrogens is 2. The van der Waals surface area contributed by atoms with Gasteiger partial charge in [-0.25, -0.2) is 0 Å². The summed E-state index contributed by atoms with van der Waals surface area (Å²) in [7, 11) is 1.56. The summed E-state index contributed by atoms with van der Waals surface area (Å²) in [5, 5.41) is 5.19. The van der Waals surface area contributed by atoms with Crippen LogP contribution in [0.3, 0.4) is 0 Å². The lowest BCUT2D eigenvalue weighted by molar-refractivity contribution is 0.270. The van der Waals surface area contributed by atoms with Crippen molar-refractivity contribution < 1.29 is 18.4 Å². The van der Waals surface area contributed by atoms with Crippen LogP contribution in [0.25, 0.3) is 23.0 Å². The summed E-state index contributed by atoms with van der Waals surface area (Å²) in [4.78, 5) is 4.38. The Bertz CT molecular complexity index is 1090. The van der Waals surface area contributed by atoms with E-state index >= 15 is 0 Å². The van der Waals surface area contributed by atoms with E-state index in [4.69, 9.17) is 41.6 Å². The topological polar surface area (TPSA) is 70.5 Å². The highest BCUT2D eigenvalue weighted by molar-refractivity contribution is 6.31. The summed E-state index contributed by atoms with van der Waals surface area (Å²) < 4.78 is 22.1. The van der Waals surface area contributed by atoms with Crippen molar-refractivity contribution in [3.05, 3.63) is 70.4 Å². The maximum absolute atomic E-state index is 6.06. The number of rotatable bonds is 6. The highest BCUT2D eigenvalue weighted by Crippen LogP contribution is 2.32. The first-order chi connectivity index (χ1) is 13.6. The van der Waals surface area contributed by atoms with Crippen molar-refractivity contribution in [1.82, 2.24) is 10.1 Å². The third-order valence-corrected chi connectivity index (χ3v) is 4.38. The molecule has 2 aromatic carbocycles. The van der Waals surface area contributed by atoms with E-state index in [1.807, 2.05) is 0 Å². The molecule has 8 heteroatoms. The molecule has 28 heavy (non-hydrogen) atoms. The molecule has 0 saturated heterocycles. The van der Waals surface area contributed by atoms with Gasteiger partial charge in [0.25, 0.3) is 5.89 Å². The molecule has 0 aliphatic heterocycles. The molecule has 4 aromatic rings. The molecule has 0 N–H and O–H groups in total. The van der Waals surface area contributed by atoms with Crippen LogP contribution in [0, 0.1) is 0 Å². The molecule has 2 aromatic heterocycles. The zero-order valence-electron chi connectivity index (χ0n) is 14.7. The molecule has 0 atom stereocenters. The molecule has 2 heterocycles. The normalized spacial score (nSPS) is 10.8. The van der Waals surface area contributed by atoms with Crippen LogP contribution in [-0.2, 0) is 6.61 Å². The molecule has 0 amide bonds. The van der Waals surface area contributed by atoms with Crippen molar-refractivity contribution in [3.63, 3.8) is 0 Å². The minimum atomic E-state index is 0.245. The van der Waals surface area contributed by atoms with E-state index in [2.05, 4.69) is 10.1 Å². The zero-order chi connectivity index (χ0) is 19.5. The fourth-order valence-electron chi connectivity index (χ4n) is 2.54. The van der Waals surface area contributed by atoms with Crippen molar-refractivity contribution in [1.29, 1.82) is 0 Å². The molecule has 6 nitrogen and oxygen atoms in total. The molecule has 0 aliphatic rings. The number of hydrogen-bond acceptors (Lipinski definition) is 6. The van der Waals surface area contributed by atoms with E-state index in [-0.39, 0.29) is 12.5 Å². The smallest absolute Gasteiger partial charge is 0.293 e. The van der Waals surface area contributed by atoms with Crippen LogP contribution in [0.4, 0.5) is 0 Å². The summed E-state index contributed by atoms with van der Waals surface area (Å²) in [6.45, 7) is 0.255. The predicted molar refractivity (Wildman–Crippen MR) is 105 cm³/mol. The Kier molecular flexibility index (Phi) is 5.23. The summed E-state index contributed by atoms with van der Waals surface area (Å²) in [5.74, 6) is 2.93. The lowest BCUT2D eigenvalue weighted by Gasteiger charge is -2.04. The largest absolute Gasteiger partial charge is 0.496 e. The van der Waals surface area contributed by atoms with Crippen LogP contribution >= 0.6 is 23.2 Å². The van der Waals surface area contributed by atoms with Gasteiger partial charge in [0.15, 0.2) is 5.76 Å². The SMILES string of the molecule is COc1ccc(Cl)cc1-c1noc(-c2ccc(COc3ccc(Cl)cc3)o2)n1. The molecule has 0 saturated carbocycles. The van der Waals surface area contributed by atoms with Crippen LogP contribution in [-0.4, -0.2) is 17.3 Å². The fourth-order valence-corrected chi connectivity index (χ4v) is 2.84. The quantitative estimate of drug-likeness (QED) is 0.390. The van der Waals surface area contributed by atoms with Crippen molar-refractivity contribution >= 4 is 23.2 Å². The first kappa shape index (κ1) is 18.4. The van der Waals surface area contributed by atoms with Crippen LogP contribution in [0.1, 0.15) is 5.76 Å². The number of hydrogen-bond donors (Lipinski definition) is 0. The second kappa shape index (κ2) is 7.96. The second-order valence-electron chi connectivity index (χ2n) is 5.78. The Morgan fingerprint density at radius 1 is 0.964 bits per heavy atom. The van der Waals surface area contributed by atoms with Crippen molar-refractivity contribution in [2.24, 2.45) is 0 Å².